The molecular formula is C19H26N2O7. The molecule has 154 valence electrons. The third kappa shape index (κ3) is 5.28. The smallest absolute Gasteiger partial charge is 0.303 e. The molecule has 9 nitrogen and oxygen atoms in total. The first kappa shape index (κ1) is 21.3. The Hall–Kier alpha value is -2.97. The third-order valence-corrected chi connectivity index (χ3v) is 4.65. The lowest BCUT2D eigenvalue weighted by molar-refractivity contribution is -0.137. The van der Waals surface area contributed by atoms with Gasteiger partial charge in [0.2, 0.25) is 5.75 Å². The van der Waals surface area contributed by atoms with Gasteiger partial charge in [-0.15, -0.1) is 0 Å². The first-order chi connectivity index (χ1) is 13.4. The van der Waals surface area contributed by atoms with Crippen LogP contribution < -0.4 is 19.9 Å². The molecule has 1 aromatic rings. The molecule has 3 N–H and O–H groups in total. The summed E-state index contributed by atoms with van der Waals surface area (Å²) in [4.78, 5) is 36.8. The number of carboxylic acid groups (broad SMARTS) is 1. The summed E-state index contributed by atoms with van der Waals surface area (Å²) in [7, 11) is 2.83. The number of rotatable bonds is 9. The van der Waals surface area contributed by atoms with Crippen LogP contribution >= 0.6 is 0 Å². The van der Waals surface area contributed by atoms with Gasteiger partial charge in [0, 0.05) is 24.6 Å². The summed E-state index contributed by atoms with van der Waals surface area (Å²) in [5, 5.41) is 8.96. The molecule has 1 saturated heterocycles. The number of ether oxygens (including phenoxy) is 3. The van der Waals surface area contributed by atoms with Crippen LogP contribution in [0, 0.1) is 0 Å². The highest BCUT2D eigenvalue weighted by atomic mass is 16.5. The molecule has 0 bridgehead atoms. The Morgan fingerprint density at radius 2 is 1.82 bits per heavy atom. The predicted molar refractivity (Wildman–Crippen MR) is 99.8 cm³/mol. The number of amides is 2. The Balaban J connectivity index is 2.30. The average Bonchev–Trinajstić information content (AvgIpc) is 2.69. The second kappa shape index (κ2) is 9.82. The molecule has 0 aliphatic carbocycles. The maximum Gasteiger partial charge on any atom is 0.303 e. The summed E-state index contributed by atoms with van der Waals surface area (Å²) in [6, 6.07) is 2.91. The van der Waals surface area contributed by atoms with Crippen molar-refractivity contribution >= 4 is 17.8 Å². The second-order valence-electron chi connectivity index (χ2n) is 6.55. The number of hydrogen-bond acceptors (Lipinski definition) is 6. The van der Waals surface area contributed by atoms with E-state index in [0.29, 0.717) is 18.5 Å². The van der Waals surface area contributed by atoms with Crippen LogP contribution in [0.25, 0.3) is 0 Å². The molecule has 1 aliphatic heterocycles. The topological polar surface area (TPSA) is 128 Å². The number of carbonyl (C=O) groups excluding carboxylic acids is 2. The van der Waals surface area contributed by atoms with Gasteiger partial charge in [-0.25, -0.2) is 0 Å². The fourth-order valence-electron chi connectivity index (χ4n) is 3.31. The molecule has 1 atom stereocenters. The van der Waals surface area contributed by atoms with E-state index in [1.165, 1.54) is 26.4 Å². The maximum absolute atomic E-state index is 13.1. The summed E-state index contributed by atoms with van der Waals surface area (Å²) in [5.41, 5.74) is 5.45. The Kier molecular flexibility index (Phi) is 7.48. The highest BCUT2D eigenvalue weighted by Crippen LogP contribution is 2.39. The van der Waals surface area contributed by atoms with Crippen LogP contribution in [0.2, 0.25) is 0 Å². The molecular weight excluding hydrogens is 368 g/mol. The van der Waals surface area contributed by atoms with Crippen molar-refractivity contribution in [3.8, 4) is 17.2 Å². The summed E-state index contributed by atoms with van der Waals surface area (Å²) in [6.07, 6.45) is 3.02. The molecule has 1 heterocycles. The highest BCUT2D eigenvalue weighted by Gasteiger charge is 2.29. The van der Waals surface area contributed by atoms with Crippen molar-refractivity contribution in [1.82, 2.24) is 4.90 Å². The van der Waals surface area contributed by atoms with Gasteiger partial charge in [-0.05, 0) is 37.8 Å². The van der Waals surface area contributed by atoms with Crippen LogP contribution in [-0.4, -0.2) is 61.2 Å². The number of aliphatic carboxylic acids is 1. The molecule has 0 spiro atoms. The number of methoxy groups -OCH3 is 2. The molecule has 0 saturated carbocycles. The lowest BCUT2D eigenvalue weighted by atomic mass is 9.96. The second-order valence-corrected chi connectivity index (χ2v) is 6.55. The van der Waals surface area contributed by atoms with Gasteiger partial charge < -0.3 is 30.0 Å². The monoisotopic (exact) mass is 394 g/mol. The number of nitrogens with two attached hydrogens (primary N) is 1. The van der Waals surface area contributed by atoms with E-state index in [9.17, 15) is 14.4 Å². The largest absolute Gasteiger partial charge is 0.493 e. The zero-order valence-corrected chi connectivity index (χ0v) is 16.1. The Morgan fingerprint density at radius 3 is 2.36 bits per heavy atom. The molecule has 0 radical (unpaired) electrons. The molecule has 1 unspecified atom stereocenters. The van der Waals surface area contributed by atoms with Crippen molar-refractivity contribution in [3.63, 3.8) is 0 Å². The van der Waals surface area contributed by atoms with E-state index in [1.54, 1.807) is 4.90 Å². The van der Waals surface area contributed by atoms with E-state index in [1.807, 2.05) is 0 Å². The summed E-state index contributed by atoms with van der Waals surface area (Å²) in [5.74, 6) is -1.10. The van der Waals surface area contributed by atoms with Gasteiger partial charge >= 0.3 is 5.97 Å². The molecule has 1 fully saturated rings. The SMILES string of the molecule is COc1cc(C(=O)N2CCCCC2CCC(=O)O)cc(OC)c1OCC(N)=O. The number of hydrogen-bond donors (Lipinski definition) is 2. The van der Waals surface area contributed by atoms with Crippen LogP contribution in [0.1, 0.15) is 42.5 Å². The normalized spacial score (nSPS) is 16.4. The van der Waals surface area contributed by atoms with Crippen LogP contribution in [0.4, 0.5) is 0 Å². The Labute approximate surface area is 163 Å². The fourth-order valence-corrected chi connectivity index (χ4v) is 3.31. The van der Waals surface area contributed by atoms with Gasteiger partial charge in [-0.3, -0.25) is 14.4 Å². The number of benzene rings is 1. The van der Waals surface area contributed by atoms with Gasteiger partial charge in [0.25, 0.3) is 11.8 Å². The lowest BCUT2D eigenvalue weighted by Crippen LogP contribution is -2.44. The highest BCUT2D eigenvalue weighted by molar-refractivity contribution is 5.96. The Morgan fingerprint density at radius 1 is 1.18 bits per heavy atom. The zero-order chi connectivity index (χ0) is 20.7. The summed E-state index contributed by atoms with van der Waals surface area (Å²) in [6.45, 7) is 0.205. The first-order valence-electron chi connectivity index (χ1n) is 9.07. The zero-order valence-electron chi connectivity index (χ0n) is 16.1. The van der Waals surface area contributed by atoms with E-state index in [0.717, 1.165) is 19.3 Å². The Bertz CT molecular complexity index is 710. The molecule has 2 rings (SSSR count). The number of likely N-dealkylation sites (tertiary alicyclic amines) is 1. The molecule has 0 aromatic heterocycles. The minimum absolute atomic E-state index is 0.0149. The van der Waals surface area contributed by atoms with Gasteiger partial charge in [-0.1, -0.05) is 0 Å². The van der Waals surface area contributed by atoms with Crippen LogP contribution in [-0.2, 0) is 9.59 Å². The summed E-state index contributed by atoms with van der Waals surface area (Å²) < 4.78 is 16.0. The quantitative estimate of drug-likeness (QED) is 0.648. The van der Waals surface area contributed by atoms with Crippen molar-refractivity contribution in [3.05, 3.63) is 17.7 Å². The van der Waals surface area contributed by atoms with E-state index >= 15 is 0 Å². The van der Waals surface area contributed by atoms with E-state index in [-0.39, 0.29) is 42.2 Å². The van der Waals surface area contributed by atoms with E-state index in [4.69, 9.17) is 25.1 Å². The van der Waals surface area contributed by atoms with E-state index < -0.39 is 11.9 Å². The summed E-state index contributed by atoms with van der Waals surface area (Å²) >= 11 is 0. The first-order valence-corrected chi connectivity index (χ1v) is 9.07. The molecule has 1 aromatic carbocycles. The fraction of sp³-hybridized carbons (Fsp3) is 0.526. The maximum atomic E-state index is 13.1. The van der Waals surface area contributed by atoms with Crippen molar-refractivity contribution in [2.24, 2.45) is 5.73 Å². The van der Waals surface area contributed by atoms with Crippen LogP contribution in [0.3, 0.4) is 0 Å². The minimum atomic E-state index is -0.878. The van der Waals surface area contributed by atoms with Crippen LogP contribution in [0.15, 0.2) is 12.1 Å². The number of carboxylic acids is 1. The lowest BCUT2D eigenvalue weighted by Gasteiger charge is -2.36. The number of primary amides is 1. The number of carbonyl (C=O) groups is 3. The van der Waals surface area contributed by atoms with Crippen molar-refractivity contribution in [2.45, 2.75) is 38.1 Å². The number of nitrogens with zero attached hydrogens (tertiary/aromatic N) is 1. The van der Waals surface area contributed by atoms with Gasteiger partial charge in [-0.2, -0.15) is 0 Å². The van der Waals surface area contributed by atoms with Crippen molar-refractivity contribution < 1.29 is 33.7 Å². The van der Waals surface area contributed by atoms with E-state index in [2.05, 4.69) is 0 Å². The predicted octanol–water partition coefficient (Wildman–Crippen LogP) is 1.43. The molecule has 9 heteroatoms. The number of piperidine rings is 1. The van der Waals surface area contributed by atoms with Crippen molar-refractivity contribution in [1.29, 1.82) is 0 Å². The minimum Gasteiger partial charge on any atom is -0.493 e. The molecule has 2 amide bonds. The van der Waals surface area contributed by atoms with Crippen molar-refractivity contribution in [2.75, 3.05) is 27.4 Å². The van der Waals surface area contributed by atoms with Crippen LogP contribution in [0.5, 0.6) is 17.2 Å². The van der Waals surface area contributed by atoms with Gasteiger partial charge in [0.15, 0.2) is 18.1 Å². The standard InChI is InChI=1S/C19H26N2O7/c1-26-14-9-12(10-15(27-2)18(14)28-11-16(20)22)19(25)21-8-4-3-5-13(21)6-7-17(23)24/h9-10,13H,3-8,11H2,1-2H3,(H2,20,22)(H,23,24). The third-order valence-electron chi connectivity index (χ3n) is 4.65. The average molecular weight is 394 g/mol. The van der Waals surface area contributed by atoms with Gasteiger partial charge in [0.1, 0.15) is 0 Å². The van der Waals surface area contributed by atoms with Gasteiger partial charge in [0.05, 0.1) is 14.2 Å². The molecule has 1 aliphatic rings. The molecule has 28 heavy (non-hydrogen) atoms.